The van der Waals surface area contributed by atoms with Gasteiger partial charge in [0.1, 0.15) is 42.3 Å². The molecule has 3 heterocycles. The topological polar surface area (TPSA) is 444 Å². The number of fused-ring (bicyclic) bond motifs is 2. The summed E-state index contributed by atoms with van der Waals surface area (Å²) in [4.78, 5) is 147. The lowest BCUT2D eigenvalue weighted by Gasteiger charge is -2.30. The summed E-state index contributed by atoms with van der Waals surface area (Å²) < 4.78 is 0. The summed E-state index contributed by atoms with van der Waals surface area (Å²) in [5.74, 6) is -9.85. The number of guanidine groups is 1. The first kappa shape index (κ1) is 49.5. The second-order valence-electron chi connectivity index (χ2n) is 14.3. The van der Waals surface area contributed by atoms with Gasteiger partial charge in [0.2, 0.25) is 65.0 Å². The molecule has 11 amide bonds. The third-order valence-corrected chi connectivity index (χ3v) is 11.9. The van der Waals surface area contributed by atoms with Gasteiger partial charge in [-0.15, -0.1) is 0 Å². The standard InChI is InChI=1S/C33H53N15O11S2/c34-14-12-60-61-13-20(32(59)48-8-2-4-21(48)31(58)43-15(3-1-7-40-33(38)39)26(53)41-11-24(37)51)47-30(57)19(10-23(36)50)46-27(54)16(5-6-22(35)49)42-28(55)18-9-17(29(56)45-18)44-25(14)52/h14-21H,1-13,34H2,(H2,35,49)(H2,36,50)(H2,37,51)(H,41,53)(H,42,55)(H,43,58)(H,44,52)(H,45,56)(H,46,54)(H,47,57)(H4,38,39,40)/t14-,15-,16-,17+,18+,19-,20-,21-/m0/s1. The molecule has 0 saturated carbocycles. The highest BCUT2D eigenvalue weighted by molar-refractivity contribution is 8.76. The van der Waals surface area contributed by atoms with Crippen molar-refractivity contribution in [2.75, 3.05) is 31.1 Å². The average molecular weight is 900 g/mol. The van der Waals surface area contributed by atoms with Crippen molar-refractivity contribution in [3.63, 3.8) is 0 Å². The summed E-state index contributed by atoms with van der Waals surface area (Å²) in [6, 6.07) is -10.6. The highest BCUT2D eigenvalue weighted by atomic mass is 33.1. The monoisotopic (exact) mass is 899 g/mol. The Morgan fingerprint density at radius 2 is 1.39 bits per heavy atom. The van der Waals surface area contributed by atoms with Crippen molar-refractivity contribution >= 4 is 92.5 Å². The summed E-state index contributed by atoms with van der Waals surface area (Å²) in [6.07, 6.45) is -1.05. The molecule has 3 saturated heterocycles. The van der Waals surface area contributed by atoms with Crippen LogP contribution in [0.1, 0.15) is 51.4 Å². The van der Waals surface area contributed by atoms with E-state index in [2.05, 4.69) is 42.2 Å². The number of amides is 11. The van der Waals surface area contributed by atoms with Gasteiger partial charge in [-0.25, -0.2) is 0 Å². The maximum absolute atomic E-state index is 14.3. The van der Waals surface area contributed by atoms with Crippen LogP contribution in [-0.4, -0.2) is 155 Å². The zero-order valence-corrected chi connectivity index (χ0v) is 34.6. The first-order chi connectivity index (χ1) is 28.8. The van der Waals surface area contributed by atoms with Crippen LogP contribution in [-0.2, 0) is 52.7 Å². The van der Waals surface area contributed by atoms with Crippen LogP contribution in [0.25, 0.3) is 0 Å². The third-order valence-electron chi connectivity index (χ3n) is 9.46. The fourth-order valence-corrected chi connectivity index (χ4v) is 8.64. The second-order valence-corrected chi connectivity index (χ2v) is 16.8. The lowest BCUT2D eigenvalue weighted by molar-refractivity contribution is -0.142. The van der Waals surface area contributed by atoms with E-state index in [-0.39, 0.29) is 62.7 Å². The van der Waals surface area contributed by atoms with Crippen LogP contribution in [0.3, 0.4) is 0 Å². The number of aliphatic imine (C=N–C) groups is 1. The number of carbonyl (C=O) groups is 11. The Balaban J connectivity index is 1.92. The molecule has 26 nitrogen and oxygen atoms in total. The number of primary amides is 3. The lowest BCUT2D eigenvalue weighted by Crippen LogP contribution is -2.60. The minimum atomic E-state index is -1.73. The zero-order valence-electron chi connectivity index (χ0n) is 33.0. The molecular formula is C33H53N15O11S2. The number of hydrogen-bond acceptors (Lipinski definition) is 15. The first-order valence-electron chi connectivity index (χ1n) is 19.1. The SMILES string of the molecule is NC(=O)CC[C@@H]1NC(=O)[C@H]2C[C@@H](NC(=O)[C@@H](N)CSSC[C@@H](C(=O)N3CCC[C@H]3C(=O)N[C@@H](CCCN=C(N)N)C(=O)NCC(N)=O)NC(=O)[C@H](CC(N)=O)NC1=O)C(=O)N2. The predicted molar refractivity (Wildman–Crippen MR) is 218 cm³/mol. The van der Waals surface area contributed by atoms with Gasteiger partial charge in [0.05, 0.1) is 19.0 Å². The van der Waals surface area contributed by atoms with Gasteiger partial charge in [0.15, 0.2) is 5.96 Å². The molecule has 0 aliphatic carbocycles. The number of rotatable bonds is 15. The highest BCUT2D eigenvalue weighted by Gasteiger charge is 2.42. The maximum atomic E-state index is 14.3. The Labute approximate surface area is 356 Å². The van der Waals surface area contributed by atoms with Crippen molar-refractivity contribution in [1.29, 1.82) is 0 Å². The van der Waals surface area contributed by atoms with Crippen LogP contribution in [0.15, 0.2) is 4.99 Å². The molecule has 0 unspecified atom stereocenters. The van der Waals surface area contributed by atoms with E-state index in [4.69, 9.17) is 34.4 Å². The third kappa shape index (κ3) is 15.9. The quantitative estimate of drug-likeness (QED) is 0.0314. The second kappa shape index (κ2) is 23.8. The molecule has 0 spiro atoms. The van der Waals surface area contributed by atoms with Gasteiger partial charge in [0, 0.05) is 37.4 Å². The lowest BCUT2D eigenvalue weighted by atomic mass is 10.1. The number of hydrogen-bond donors (Lipinski definition) is 13. The molecule has 3 fully saturated rings. The predicted octanol–water partition coefficient (Wildman–Crippen LogP) is -8.19. The first-order valence-corrected chi connectivity index (χ1v) is 21.6. The van der Waals surface area contributed by atoms with Gasteiger partial charge in [-0.05, 0) is 32.1 Å². The highest BCUT2D eigenvalue weighted by Crippen LogP contribution is 2.26. The fraction of sp³-hybridized carbons (Fsp3) is 0.636. The van der Waals surface area contributed by atoms with Crippen molar-refractivity contribution in [3.8, 4) is 0 Å². The summed E-state index contributed by atoms with van der Waals surface area (Å²) in [6.45, 7) is -0.373. The zero-order chi connectivity index (χ0) is 45.4. The van der Waals surface area contributed by atoms with E-state index in [0.29, 0.717) is 6.42 Å². The Morgan fingerprint density at radius 3 is 2.03 bits per heavy atom. The van der Waals surface area contributed by atoms with Crippen LogP contribution >= 0.6 is 21.6 Å². The maximum Gasteiger partial charge on any atom is 0.246 e. The average Bonchev–Trinajstić information content (AvgIpc) is 3.83. The molecule has 0 aromatic rings. The molecule has 338 valence electrons. The van der Waals surface area contributed by atoms with Crippen LogP contribution in [0.2, 0.25) is 0 Å². The van der Waals surface area contributed by atoms with E-state index in [9.17, 15) is 52.7 Å². The Kier molecular flexibility index (Phi) is 19.3. The molecule has 61 heavy (non-hydrogen) atoms. The summed E-state index contributed by atoms with van der Waals surface area (Å²) in [7, 11) is 2.04. The molecule has 19 N–H and O–H groups in total. The molecule has 3 rings (SSSR count). The van der Waals surface area contributed by atoms with Gasteiger partial charge < -0.3 is 76.5 Å². The Hall–Kier alpha value is -5.90. The van der Waals surface area contributed by atoms with Crippen molar-refractivity contribution in [3.05, 3.63) is 0 Å². The van der Waals surface area contributed by atoms with Crippen molar-refractivity contribution in [2.45, 2.75) is 99.7 Å². The van der Waals surface area contributed by atoms with Crippen molar-refractivity contribution in [2.24, 2.45) is 39.4 Å². The van der Waals surface area contributed by atoms with Crippen LogP contribution in [0, 0.1) is 0 Å². The van der Waals surface area contributed by atoms with E-state index in [1.165, 1.54) is 4.90 Å². The van der Waals surface area contributed by atoms with Gasteiger partial charge >= 0.3 is 0 Å². The molecular weight excluding hydrogens is 847 g/mol. The van der Waals surface area contributed by atoms with Crippen molar-refractivity contribution < 1.29 is 52.7 Å². The molecule has 8 atom stereocenters. The number of nitrogens with one attached hydrogen (secondary N) is 7. The van der Waals surface area contributed by atoms with Gasteiger partial charge in [-0.2, -0.15) is 0 Å². The number of likely N-dealkylation sites (tertiary alicyclic amines) is 1. The minimum Gasteiger partial charge on any atom is -0.370 e. The number of nitrogens with two attached hydrogens (primary N) is 6. The molecule has 2 bridgehead atoms. The van der Waals surface area contributed by atoms with E-state index in [1.54, 1.807) is 0 Å². The summed E-state index contributed by atoms with van der Waals surface area (Å²) in [5, 5.41) is 17.1. The molecule has 3 aliphatic heterocycles. The summed E-state index contributed by atoms with van der Waals surface area (Å²) in [5.41, 5.74) is 32.7. The minimum absolute atomic E-state index is 0.0228. The van der Waals surface area contributed by atoms with Crippen LogP contribution in [0.5, 0.6) is 0 Å². The Bertz CT molecular complexity index is 1750. The number of carbonyl (C=O) groups excluding carboxylic acids is 11. The van der Waals surface area contributed by atoms with Gasteiger partial charge in [-0.1, -0.05) is 21.6 Å². The smallest absolute Gasteiger partial charge is 0.246 e. The van der Waals surface area contributed by atoms with Gasteiger partial charge in [0.25, 0.3) is 0 Å². The van der Waals surface area contributed by atoms with E-state index in [0.717, 1.165) is 21.6 Å². The molecule has 28 heteroatoms. The molecule has 0 radical (unpaired) electrons. The molecule has 3 aliphatic rings. The largest absolute Gasteiger partial charge is 0.370 e. The fourth-order valence-electron chi connectivity index (χ4n) is 6.36. The normalized spacial score (nSPS) is 25.7. The molecule has 0 aromatic carbocycles. The van der Waals surface area contributed by atoms with Crippen LogP contribution < -0.4 is 71.6 Å². The van der Waals surface area contributed by atoms with E-state index in [1.807, 2.05) is 0 Å². The van der Waals surface area contributed by atoms with Gasteiger partial charge in [-0.3, -0.25) is 57.7 Å². The Morgan fingerprint density at radius 1 is 0.770 bits per heavy atom. The van der Waals surface area contributed by atoms with E-state index >= 15 is 0 Å². The van der Waals surface area contributed by atoms with Crippen LogP contribution in [0.4, 0.5) is 0 Å². The van der Waals surface area contributed by atoms with Crippen molar-refractivity contribution in [1.82, 2.24) is 42.1 Å². The molecule has 0 aromatic heterocycles. The summed E-state index contributed by atoms with van der Waals surface area (Å²) >= 11 is 0. The number of nitrogens with zero attached hydrogens (tertiary/aromatic N) is 2. The van der Waals surface area contributed by atoms with E-state index < -0.39 is 133 Å².